The Morgan fingerprint density at radius 1 is 1.17 bits per heavy atom. The summed E-state index contributed by atoms with van der Waals surface area (Å²) in [6.07, 6.45) is -4.64. The molecule has 0 radical (unpaired) electrons. The van der Waals surface area contributed by atoms with E-state index in [0.717, 1.165) is 25.3 Å². The largest absolute Gasteiger partial charge is 0.507 e. The molecule has 0 heterocycles. The Morgan fingerprint density at radius 3 is 2.37 bits per heavy atom. The molecule has 2 aromatic rings. The normalized spacial score (nSPS) is 13.9. The Labute approximate surface area is 176 Å². The summed E-state index contributed by atoms with van der Waals surface area (Å²) in [6, 6.07) is 3.42. The van der Waals surface area contributed by atoms with Gasteiger partial charge < -0.3 is 9.84 Å². The lowest BCUT2D eigenvalue weighted by Crippen LogP contribution is -2.45. The molecular weight excluding hydrogens is 426 g/mol. The molecule has 0 aliphatic rings. The summed E-state index contributed by atoms with van der Waals surface area (Å²) in [5, 5.41) is 12.8. The molecule has 2 aromatic carbocycles. The van der Waals surface area contributed by atoms with Crippen molar-refractivity contribution in [2.24, 2.45) is 5.92 Å². The van der Waals surface area contributed by atoms with E-state index in [2.05, 4.69) is 10.1 Å². The lowest BCUT2D eigenvalue weighted by Gasteiger charge is -2.27. The van der Waals surface area contributed by atoms with Crippen LogP contribution in [-0.2, 0) is 9.53 Å². The van der Waals surface area contributed by atoms with Crippen molar-refractivity contribution >= 4 is 17.6 Å². The molecule has 9 heteroatoms. The lowest BCUT2D eigenvalue weighted by atomic mass is 9.97. The second kappa shape index (κ2) is 9.66. The van der Waals surface area contributed by atoms with Gasteiger partial charge in [-0.1, -0.05) is 37.6 Å². The Bertz CT molecular complexity index is 902. The molecule has 2 N–H and O–H groups in total. The third-order valence-corrected chi connectivity index (χ3v) is 4.70. The summed E-state index contributed by atoms with van der Waals surface area (Å²) in [5.41, 5.74) is -0.384. The van der Waals surface area contributed by atoms with E-state index in [1.54, 1.807) is 13.8 Å². The van der Waals surface area contributed by atoms with E-state index in [1.165, 1.54) is 18.2 Å². The predicted octanol–water partition coefficient (Wildman–Crippen LogP) is 5.63. The van der Waals surface area contributed by atoms with E-state index in [4.69, 9.17) is 11.6 Å². The number of phenols is 1. The number of alkyl halides is 3. The average Bonchev–Trinajstić information content (AvgIpc) is 2.65. The van der Waals surface area contributed by atoms with Crippen molar-refractivity contribution in [2.75, 3.05) is 7.11 Å². The van der Waals surface area contributed by atoms with Crippen LogP contribution in [-0.4, -0.2) is 30.4 Å². The number of carbonyl (C=O) groups is 1. The Hall–Kier alpha value is -2.32. The van der Waals surface area contributed by atoms with Gasteiger partial charge in [0.15, 0.2) is 0 Å². The van der Waals surface area contributed by atoms with Crippen LogP contribution in [0.5, 0.6) is 5.75 Å². The first-order chi connectivity index (χ1) is 13.9. The van der Waals surface area contributed by atoms with Gasteiger partial charge in [-0.15, -0.1) is 0 Å². The van der Waals surface area contributed by atoms with E-state index < -0.39 is 35.8 Å². The first-order valence-corrected chi connectivity index (χ1v) is 9.50. The molecule has 164 valence electrons. The van der Waals surface area contributed by atoms with Crippen LogP contribution in [0, 0.1) is 11.7 Å². The van der Waals surface area contributed by atoms with Crippen molar-refractivity contribution in [2.45, 2.75) is 38.5 Å². The molecule has 0 aliphatic heterocycles. The van der Waals surface area contributed by atoms with Gasteiger partial charge in [-0.2, -0.15) is 13.2 Å². The highest BCUT2D eigenvalue weighted by atomic mass is 35.5. The van der Waals surface area contributed by atoms with Gasteiger partial charge in [0.2, 0.25) is 0 Å². The molecule has 2 atom stereocenters. The second-order valence-electron chi connectivity index (χ2n) is 7.25. The van der Waals surface area contributed by atoms with Gasteiger partial charge in [-0.05, 0) is 42.2 Å². The SMILES string of the molecule is COC(=O)[C@H](CC(C)C)NC(c1ccc(-c2cc(Cl)ccc2F)c(O)c1)C(F)(F)F. The molecular formula is C21H22ClF4NO3. The fraction of sp³-hybridized carbons (Fsp3) is 0.381. The quantitative estimate of drug-likeness (QED) is 0.426. The molecule has 0 aliphatic carbocycles. The number of aromatic hydroxyl groups is 1. The molecule has 0 spiro atoms. The maximum absolute atomic E-state index is 14.1. The van der Waals surface area contributed by atoms with Crippen LogP contribution < -0.4 is 5.32 Å². The number of phenolic OH excluding ortho intramolecular Hbond substituents is 1. The van der Waals surface area contributed by atoms with Crippen molar-refractivity contribution in [3.05, 3.63) is 52.8 Å². The minimum Gasteiger partial charge on any atom is -0.507 e. The standard InChI is InChI=1S/C21H22ClF4NO3/c1-11(2)8-17(20(29)30-3)27-19(21(24,25)26)12-4-6-14(18(28)9-12)15-10-13(22)5-7-16(15)23/h4-7,9-11,17,19,27-28H,8H2,1-3H3/t17-,19?/m0/s1. The van der Waals surface area contributed by atoms with Crippen molar-refractivity contribution in [3.8, 4) is 16.9 Å². The Balaban J connectivity index is 2.44. The number of methoxy groups -OCH3 is 1. The molecule has 0 amide bonds. The highest BCUT2D eigenvalue weighted by Gasteiger charge is 2.43. The van der Waals surface area contributed by atoms with Crippen molar-refractivity contribution < 1.29 is 32.2 Å². The summed E-state index contributed by atoms with van der Waals surface area (Å²) >= 11 is 5.85. The van der Waals surface area contributed by atoms with Crippen molar-refractivity contribution in [1.29, 1.82) is 0 Å². The van der Waals surface area contributed by atoms with Crippen LogP contribution in [0.3, 0.4) is 0 Å². The lowest BCUT2D eigenvalue weighted by molar-refractivity contribution is -0.164. The smallest absolute Gasteiger partial charge is 0.407 e. The number of nitrogens with one attached hydrogen (secondary N) is 1. The molecule has 0 bridgehead atoms. The highest BCUT2D eigenvalue weighted by molar-refractivity contribution is 6.30. The van der Waals surface area contributed by atoms with Crippen molar-refractivity contribution in [3.63, 3.8) is 0 Å². The molecule has 1 unspecified atom stereocenters. The van der Waals surface area contributed by atoms with E-state index in [0.29, 0.717) is 0 Å². The van der Waals surface area contributed by atoms with Crippen LogP contribution in [0.4, 0.5) is 17.6 Å². The van der Waals surface area contributed by atoms with Crippen LogP contribution in [0.2, 0.25) is 5.02 Å². The van der Waals surface area contributed by atoms with Crippen molar-refractivity contribution in [1.82, 2.24) is 5.32 Å². The number of carbonyl (C=O) groups excluding carboxylic acids is 1. The maximum atomic E-state index is 14.1. The average molecular weight is 448 g/mol. The van der Waals surface area contributed by atoms with Gasteiger partial charge in [0, 0.05) is 16.1 Å². The number of rotatable bonds is 7. The van der Waals surface area contributed by atoms with Gasteiger partial charge in [-0.3, -0.25) is 10.1 Å². The van der Waals surface area contributed by atoms with Gasteiger partial charge in [0.05, 0.1) is 7.11 Å². The number of ether oxygens (including phenoxy) is 1. The van der Waals surface area contributed by atoms with Crippen LogP contribution >= 0.6 is 11.6 Å². The van der Waals surface area contributed by atoms with E-state index in [9.17, 15) is 27.5 Å². The minimum atomic E-state index is -4.77. The second-order valence-corrected chi connectivity index (χ2v) is 7.68. The van der Waals surface area contributed by atoms with E-state index in [1.807, 2.05) is 0 Å². The Kier molecular flexibility index (Phi) is 7.71. The van der Waals surface area contributed by atoms with Gasteiger partial charge in [-0.25, -0.2) is 4.39 Å². The highest BCUT2D eigenvalue weighted by Crippen LogP contribution is 2.39. The minimum absolute atomic E-state index is 0.00799. The predicted molar refractivity (Wildman–Crippen MR) is 106 cm³/mol. The first-order valence-electron chi connectivity index (χ1n) is 9.13. The van der Waals surface area contributed by atoms with Gasteiger partial charge >= 0.3 is 12.1 Å². The fourth-order valence-corrected chi connectivity index (χ4v) is 3.26. The number of benzene rings is 2. The Morgan fingerprint density at radius 2 is 1.83 bits per heavy atom. The van der Waals surface area contributed by atoms with Crippen LogP contribution in [0.1, 0.15) is 31.9 Å². The summed E-state index contributed by atoms with van der Waals surface area (Å²) in [4.78, 5) is 12.0. The number of halogens is 5. The molecule has 0 saturated carbocycles. The topological polar surface area (TPSA) is 58.6 Å². The number of hydrogen-bond acceptors (Lipinski definition) is 4. The third kappa shape index (κ3) is 5.86. The van der Waals surface area contributed by atoms with E-state index >= 15 is 0 Å². The summed E-state index contributed by atoms with van der Waals surface area (Å²) in [6.45, 7) is 3.53. The van der Waals surface area contributed by atoms with Gasteiger partial charge in [0.1, 0.15) is 23.7 Å². The van der Waals surface area contributed by atoms with E-state index in [-0.39, 0.29) is 34.1 Å². The summed E-state index contributed by atoms with van der Waals surface area (Å²) < 4.78 is 60.0. The monoisotopic (exact) mass is 447 g/mol. The molecule has 0 fully saturated rings. The summed E-state index contributed by atoms with van der Waals surface area (Å²) in [5.74, 6) is -2.13. The fourth-order valence-electron chi connectivity index (χ4n) is 3.09. The molecule has 0 saturated heterocycles. The molecule has 30 heavy (non-hydrogen) atoms. The third-order valence-electron chi connectivity index (χ3n) is 4.46. The molecule has 4 nitrogen and oxygen atoms in total. The first kappa shape index (κ1) is 24.0. The molecule has 2 rings (SSSR count). The number of esters is 1. The summed E-state index contributed by atoms with van der Waals surface area (Å²) in [7, 11) is 1.10. The maximum Gasteiger partial charge on any atom is 0.407 e. The molecule has 0 aromatic heterocycles. The van der Waals surface area contributed by atoms with Crippen LogP contribution in [0.15, 0.2) is 36.4 Å². The zero-order valence-corrected chi connectivity index (χ0v) is 17.3. The zero-order chi connectivity index (χ0) is 22.6. The van der Waals surface area contributed by atoms with Gasteiger partial charge in [0.25, 0.3) is 0 Å². The number of hydrogen-bond donors (Lipinski definition) is 2. The van der Waals surface area contributed by atoms with Crippen LogP contribution in [0.25, 0.3) is 11.1 Å². The zero-order valence-electron chi connectivity index (χ0n) is 16.6.